The zero-order valence-corrected chi connectivity index (χ0v) is 12.4. The fourth-order valence-electron chi connectivity index (χ4n) is 1.56. The third-order valence-corrected chi connectivity index (χ3v) is 3.44. The van der Waals surface area contributed by atoms with Gasteiger partial charge in [0.05, 0.1) is 11.2 Å². The number of nitrogens with zero attached hydrogens (tertiary/aromatic N) is 2. The van der Waals surface area contributed by atoms with Gasteiger partial charge in [-0.3, -0.25) is 9.59 Å². The largest absolute Gasteiger partial charge is 0.324 e. The lowest BCUT2D eigenvalue weighted by atomic mass is 10.2. The lowest BCUT2D eigenvalue weighted by Crippen LogP contribution is -2.29. The molecule has 21 heavy (non-hydrogen) atoms. The van der Waals surface area contributed by atoms with Crippen molar-refractivity contribution < 1.29 is 9.18 Å². The smallest absolute Gasteiger partial charge is 0.287 e. The predicted octanol–water partition coefficient (Wildman–Crippen LogP) is 2.64. The van der Waals surface area contributed by atoms with Crippen molar-refractivity contribution in [1.82, 2.24) is 9.78 Å². The van der Waals surface area contributed by atoms with E-state index in [0.717, 1.165) is 4.68 Å². The van der Waals surface area contributed by atoms with Crippen LogP contribution in [0, 0.1) is 12.7 Å². The number of halogens is 3. The molecule has 0 saturated heterocycles. The van der Waals surface area contributed by atoms with Gasteiger partial charge < -0.3 is 5.32 Å². The van der Waals surface area contributed by atoms with Gasteiger partial charge in [-0.15, -0.1) is 0 Å². The lowest BCUT2D eigenvalue weighted by Gasteiger charge is -2.08. The van der Waals surface area contributed by atoms with Crippen LogP contribution in [-0.4, -0.2) is 15.7 Å². The molecule has 8 heteroatoms. The molecule has 2 aromatic rings. The molecule has 0 bridgehead atoms. The molecule has 1 N–H and O–H groups in total. The molecule has 0 atom stereocenters. The molecule has 2 rings (SSSR count). The third-order valence-electron chi connectivity index (χ3n) is 2.69. The number of amides is 1. The number of carbonyl (C=O) groups is 1. The Morgan fingerprint density at radius 2 is 2.14 bits per heavy atom. The van der Waals surface area contributed by atoms with E-state index in [1.165, 1.54) is 18.3 Å². The van der Waals surface area contributed by atoms with Crippen molar-refractivity contribution in [2.45, 2.75) is 13.5 Å². The number of aromatic nitrogens is 2. The minimum atomic E-state index is -0.672. The summed E-state index contributed by atoms with van der Waals surface area (Å²) in [6.45, 7) is 1.26. The zero-order valence-electron chi connectivity index (χ0n) is 10.9. The Morgan fingerprint density at radius 1 is 1.43 bits per heavy atom. The highest BCUT2D eigenvalue weighted by molar-refractivity contribution is 6.41. The van der Waals surface area contributed by atoms with Crippen molar-refractivity contribution in [3.8, 4) is 0 Å². The molecule has 0 aliphatic rings. The molecule has 5 nitrogen and oxygen atoms in total. The van der Waals surface area contributed by atoms with Crippen molar-refractivity contribution in [2.24, 2.45) is 0 Å². The maximum atomic E-state index is 13.4. The maximum absolute atomic E-state index is 13.4. The second-order valence-electron chi connectivity index (χ2n) is 4.28. The number of rotatable bonds is 3. The van der Waals surface area contributed by atoms with E-state index >= 15 is 0 Å². The fourth-order valence-corrected chi connectivity index (χ4v) is 1.84. The number of hydrogen-bond acceptors (Lipinski definition) is 3. The summed E-state index contributed by atoms with van der Waals surface area (Å²) in [6, 6.07) is 4.29. The summed E-state index contributed by atoms with van der Waals surface area (Å²) in [5.74, 6) is -0.969. The number of carbonyl (C=O) groups excluding carboxylic acids is 1. The van der Waals surface area contributed by atoms with Gasteiger partial charge in [-0.25, -0.2) is 9.07 Å². The zero-order chi connectivity index (χ0) is 15.6. The van der Waals surface area contributed by atoms with Crippen LogP contribution in [0.25, 0.3) is 0 Å². The van der Waals surface area contributed by atoms with E-state index in [1.807, 2.05) is 0 Å². The van der Waals surface area contributed by atoms with Gasteiger partial charge in [-0.2, -0.15) is 5.10 Å². The van der Waals surface area contributed by atoms with Gasteiger partial charge in [0.1, 0.15) is 17.4 Å². The van der Waals surface area contributed by atoms with Crippen molar-refractivity contribution in [3.05, 3.63) is 56.2 Å². The number of anilines is 1. The van der Waals surface area contributed by atoms with Gasteiger partial charge in [0.15, 0.2) is 0 Å². The van der Waals surface area contributed by atoms with E-state index in [9.17, 15) is 14.0 Å². The van der Waals surface area contributed by atoms with Crippen LogP contribution in [-0.2, 0) is 11.3 Å². The monoisotopic (exact) mass is 329 g/mol. The van der Waals surface area contributed by atoms with E-state index in [1.54, 1.807) is 13.0 Å². The van der Waals surface area contributed by atoms with Gasteiger partial charge in [-0.1, -0.05) is 29.3 Å². The summed E-state index contributed by atoms with van der Waals surface area (Å²) in [4.78, 5) is 23.5. The van der Waals surface area contributed by atoms with Crippen LogP contribution in [0.1, 0.15) is 5.56 Å². The Labute approximate surface area is 129 Å². The molecule has 1 aromatic heterocycles. The summed E-state index contributed by atoms with van der Waals surface area (Å²) in [5, 5.41) is 5.98. The van der Waals surface area contributed by atoms with Crippen molar-refractivity contribution in [3.63, 3.8) is 0 Å². The molecule has 0 saturated carbocycles. The Bertz CT molecular complexity index is 762. The second-order valence-corrected chi connectivity index (χ2v) is 5.07. The molecule has 0 radical (unpaired) electrons. The van der Waals surface area contributed by atoms with Crippen LogP contribution in [0.4, 0.5) is 10.1 Å². The topological polar surface area (TPSA) is 64.0 Å². The van der Waals surface area contributed by atoms with E-state index in [0.29, 0.717) is 5.56 Å². The first-order valence-electron chi connectivity index (χ1n) is 5.85. The van der Waals surface area contributed by atoms with Crippen molar-refractivity contribution >= 4 is 34.8 Å². The lowest BCUT2D eigenvalue weighted by molar-refractivity contribution is -0.117. The Hall–Kier alpha value is -1.92. The number of benzene rings is 1. The maximum Gasteiger partial charge on any atom is 0.287 e. The standard InChI is InChI=1S/C13H10Cl2FN3O2/c1-7-2-3-8(4-10(7)16)18-11(20)6-19-13(21)12(15)9(14)5-17-19/h2-5H,6H2,1H3,(H,18,20). The average Bonchev–Trinajstić information content (AvgIpc) is 2.44. The Balaban J connectivity index is 2.14. The van der Waals surface area contributed by atoms with Crippen molar-refractivity contribution in [1.29, 1.82) is 0 Å². The molecular weight excluding hydrogens is 320 g/mol. The molecule has 1 amide bonds. The van der Waals surface area contributed by atoms with E-state index in [-0.39, 0.29) is 22.3 Å². The second kappa shape index (κ2) is 6.24. The van der Waals surface area contributed by atoms with Gasteiger partial charge >= 0.3 is 0 Å². The molecule has 110 valence electrons. The molecule has 0 unspecified atom stereocenters. The van der Waals surface area contributed by atoms with Crippen LogP contribution in [0.15, 0.2) is 29.2 Å². The fraction of sp³-hybridized carbons (Fsp3) is 0.154. The molecule has 0 aliphatic heterocycles. The van der Waals surface area contributed by atoms with Crippen LogP contribution in [0.3, 0.4) is 0 Å². The van der Waals surface area contributed by atoms with Gasteiger partial charge in [0.25, 0.3) is 5.56 Å². The molecule has 1 heterocycles. The van der Waals surface area contributed by atoms with Crippen LogP contribution in [0.5, 0.6) is 0 Å². The Morgan fingerprint density at radius 3 is 2.81 bits per heavy atom. The van der Waals surface area contributed by atoms with Gasteiger partial charge in [-0.05, 0) is 24.6 Å². The third kappa shape index (κ3) is 3.59. The molecule has 0 aliphatic carbocycles. The van der Waals surface area contributed by atoms with Gasteiger partial charge in [0, 0.05) is 5.69 Å². The number of hydrogen-bond donors (Lipinski definition) is 1. The normalized spacial score (nSPS) is 10.5. The average molecular weight is 330 g/mol. The summed E-state index contributed by atoms with van der Waals surface area (Å²) < 4.78 is 14.2. The van der Waals surface area contributed by atoms with E-state index < -0.39 is 17.3 Å². The Kier molecular flexibility index (Phi) is 4.59. The number of nitrogens with one attached hydrogen (secondary N) is 1. The quantitative estimate of drug-likeness (QED) is 0.941. The van der Waals surface area contributed by atoms with Crippen LogP contribution >= 0.6 is 23.2 Å². The van der Waals surface area contributed by atoms with Crippen molar-refractivity contribution in [2.75, 3.05) is 5.32 Å². The summed E-state index contributed by atoms with van der Waals surface area (Å²) in [5.41, 5.74) is 0.0842. The van der Waals surface area contributed by atoms with E-state index in [2.05, 4.69) is 10.4 Å². The number of aryl methyl sites for hydroxylation is 1. The van der Waals surface area contributed by atoms with Gasteiger partial charge in [0.2, 0.25) is 5.91 Å². The highest BCUT2D eigenvalue weighted by Gasteiger charge is 2.11. The highest BCUT2D eigenvalue weighted by Crippen LogP contribution is 2.15. The minimum absolute atomic E-state index is 0.0129. The molecule has 0 fully saturated rings. The van der Waals surface area contributed by atoms with Crippen LogP contribution < -0.4 is 10.9 Å². The molecule has 1 aromatic carbocycles. The summed E-state index contributed by atoms with van der Waals surface area (Å²) in [7, 11) is 0. The first-order chi connectivity index (χ1) is 9.88. The first kappa shape index (κ1) is 15.5. The highest BCUT2D eigenvalue weighted by atomic mass is 35.5. The molecule has 0 spiro atoms. The first-order valence-corrected chi connectivity index (χ1v) is 6.61. The molecular formula is C13H10Cl2FN3O2. The SMILES string of the molecule is Cc1ccc(NC(=O)Cn2ncc(Cl)c(Cl)c2=O)cc1F. The minimum Gasteiger partial charge on any atom is -0.324 e. The predicted molar refractivity (Wildman–Crippen MR) is 78.3 cm³/mol. The summed E-state index contributed by atoms with van der Waals surface area (Å²) >= 11 is 11.3. The van der Waals surface area contributed by atoms with E-state index in [4.69, 9.17) is 23.2 Å². The summed E-state index contributed by atoms with van der Waals surface area (Å²) in [6.07, 6.45) is 1.17. The van der Waals surface area contributed by atoms with Crippen LogP contribution in [0.2, 0.25) is 10.0 Å².